The van der Waals surface area contributed by atoms with Crippen molar-refractivity contribution < 1.29 is 14.3 Å². The third-order valence-electron chi connectivity index (χ3n) is 4.74. The van der Waals surface area contributed by atoms with E-state index in [1.54, 1.807) is 7.11 Å². The Kier molecular flexibility index (Phi) is 5.52. The molecule has 0 unspecified atom stereocenters. The lowest BCUT2D eigenvalue weighted by atomic mass is 9.90. The molecule has 0 atom stereocenters. The molecule has 0 saturated heterocycles. The van der Waals surface area contributed by atoms with E-state index in [0.717, 1.165) is 35.5 Å². The van der Waals surface area contributed by atoms with Crippen LogP contribution in [0.5, 0.6) is 11.5 Å². The first kappa shape index (κ1) is 16.6. The molecule has 0 bridgehead atoms. The standard InChI is InChI=1S/C21H24O3/c1-23-19-10-8-18(9-11-19)20-13-17(14-22)7-12-21(20)24-15-16-5-3-2-4-6-16/h7-14,16H,2-6,15H2,1H3. The topological polar surface area (TPSA) is 35.5 Å². The van der Waals surface area contributed by atoms with E-state index < -0.39 is 0 Å². The Morgan fingerprint density at radius 3 is 2.46 bits per heavy atom. The van der Waals surface area contributed by atoms with Gasteiger partial charge < -0.3 is 9.47 Å². The highest BCUT2D eigenvalue weighted by Crippen LogP contribution is 2.33. The molecule has 1 fully saturated rings. The van der Waals surface area contributed by atoms with Gasteiger partial charge in [-0.2, -0.15) is 0 Å². The van der Waals surface area contributed by atoms with Crippen LogP contribution in [0, 0.1) is 5.92 Å². The maximum atomic E-state index is 11.1. The lowest BCUT2D eigenvalue weighted by molar-refractivity contribution is 0.112. The Morgan fingerprint density at radius 1 is 1.04 bits per heavy atom. The summed E-state index contributed by atoms with van der Waals surface area (Å²) in [7, 11) is 1.65. The third kappa shape index (κ3) is 3.97. The molecule has 1 aliphatic rings. The van der Waals surface area contributed by atoms with Gasteiger partial charge in [-0.25, -0.2) is 0 Å². The summed E-state index contributed by atoms with van der Waals surface area (Å²) in [6.07, 6.45) is 7.35. The molecule has 2 aromatic carbocycles. The monoisotopic (exact) mass is 324 g/mol. The minimum atomic E-state index is 0.646. The predicted molar refractivity (Wildman–Crippen MR) is 95.9 cm³/mol. The minimum Gasteiger partial charge on any atom is -0.497 e. The molecule has 24 heavy (non-hydrogen) atoms. The fourth-order valence-corrected chi connectivity index (χ4v) is 3.30. The fraction of sp³-hybridized carbons (Fsp3) is 0.381. The number of ether oxygens (including phenoxy) is 2. The summed E-state index contributed by atoms with van der Waals surface area (Å²) < 4.78 is 11.4. The smallest absolute Gasteiger partial charge is 0.150 e. The molecule has 1 aliphatic carbocycles. The zero-order valence-corrected chi connectivity index (χ0v) is 14.2. The second-order valence-electron chi connectivity index (χ2n) is 6.42. The normalized spacial score (nSPS) is 15.0. The van der Waals surface area contributed by atoms with Crippen LogP contribution in [0.4, 0.5) is 0 Å². The van der Waals surface area contributed by atoms with Gasteiger partial charge in [0.15, 0.2) is 0 Å². The molecule has 0 spiro atoms. The molecule has 0 aliphatic heterocycles. The summed E-state index contributed by atoms with van der Waals surface area (Å²) in [5, 5.41) is 0. The van der Waals surface area contributed by atoms with Gasteiger partial charge in [0.25, 0.3) is 0 Å². The summed E-state index contributed by atoms with van der Waals surface area (Å²) in [5.74, 6) is 2.31. The Bertz CT molecular complexity index is 670. The van der Waals surface area contributed by atoms with Crippen LogP contribution in [0.3, 0.4) is 0 Å². The van der Waals surface area contributed by atoms with E-state index in [-0.39, 0.29) is 0 Å². The molecule has 3 heteroatoms. The van der Waals surface area contributed by atoms with E-state index in [0.29, 0.717) is 11.5 Å². The minimum absolute atomic E-state index is 0.646. The summed E-state index contributed by atoms with van der Waals surface area (Å²) in [5.41, 5.74) is 2.64. The van der Waals surface area contributed by atoms with Crippen LogP contribution < -0.4 is 9.47 Å². The Balaban J connectivity index is 1.82. The highest BCUT2D eigenvalue weighted by molar-refractivity contribution is 5.81. The van der Waals surface area contributed by atoms with Gasteiger partial charge in [-0.15, -0.1) is 0 Å². The SMILES string of the molecule is COc1ccc(-c2cc(C=O)ccc2OCC2CCCCC2)cc1. The van der Waals surface area contributed by atoms with Gasteiger partial charge >= 0.3 is 0 Å². The maximum absolute atomic E-state index is 11.1. The van der Waals surface area contributed by atoms with Crippen LogP contribution in [0.15, 0.2) is 42.5 Å². The van der Waals surface area contributed by atoms with Gasteiger partial charge in [-0.3, -0.25) is 4.79 Å². The van der Waals surface area contributed by atoms with Gasteiger partial charge in [0.2, 0.25) is 0 Å². The van der Waals surface area contributed by atoms with Crippen LogP contribution >= 0.6 is 0 Å². The van der Waals surface area contributed by atoms with Crippen molar-refractivity contribution in [2.24, 2.45) is 5.92 Å². The van der Waals surface area contributed by atoms with Gasteiger partial charge in [0, 0.05) is 11.1 Å². The first-order chi connectivity index (χ1) is 11.8. The van der Waals surface area contributed by atoms with Gasteiger partial charge in [-0.05, 0) is 54.7 Å². The van der Waals surface area contributed by atoms with Crippen molar-refractivity contribution in [3.63, 3.8) is 0 Å². The van der Waals surface area contributed by atoms with Gasteiger partial charge in [-0.1, -0.05) is 31.4 Å². The number of carbonyl (C=O) groups is 1. The van der Waals surface area contributed by atoms with Crippen LogP contribution in [0.2, 0.25) is 0 Å². The summed E-state index contributed by atoms with van der Waals surface area (Å²) >= 11 is 0. The van der Waals surface area contributed by atoms with E-state index in [9.17, 15) is 4.79 Å². The second-order valence-corrected chi connectivity index (χ2v) is 6.42. The average Bonchev–Trinajstić information content (AvgIpc) is 2.67. The van der Waals surface area contributed by atoms with Crippen molar-refractivity contribution in [3.05, 3.63) is 48.0 Å². The number of rotatable bonds is 6. The van der Waals surface area contributed by atoms with Crippen LogP contribution in [0.25, 0.3) is 11.1 Å². The number of hydrogen-bond donors (Lipinski definition) is 0. The van der Waals surface area contributed by atoms with Crippen molar-refractivity contribution >= 4 is 6.29 Å². The molecule has 3 nitrogen and oxygen atoms in total. The molecular weight excluding hydrogens is 300 g/mol. The first-order valence-electron chi connectivity index (χ1n) is 8.66. The summed E-state index contributed by atoms with van der Waals surface area (Å²) in [6.45, 7) is 0.754. The molecule has 0 heterocycles. The number of benzene rings is 2. The van der Waals surface area contributed by atoms with Crippen LogP contribution in [0.1, 0.15) is 42.5 Å². The van der Waals surface area contributed by atoms with E-state index in [1.807, 2.05) is 42.5 Å². The van der Waals surface area contributed by atoms with E-state index >= 15 is 0 Å². The predicted octanol–water partition coefficient (Wildman–Crippen LogP) is 5.13. The average molecular weight is 324 g/mol. The number of aldehydes is 1. The summed E-state index contributed by atoms with van der Waals surface area (Å²) in [4.78, 5) is 11.1. The lowest BCUT2D eigenvalue weighted by Gasteiger charge is -2.22. The maximum Gasteiger partial charge on any atom is 0.150 e. The Hall–Kier alpha value is -2.29. The van der Waals surface area contributed by atoms with Crippen LogP contribution in [-0.2, 0) is 0 Å². The van der Waals surface area contributed by atoms with E-state index in [4.69, 9.17) is 9.47 Å². The number of methoxy groups -OCH3 is 1. The molecule has 126 valence electrons. The van der Waals surface area contributed by atoms with E-state index in [2.05, 4.69) is 0 Å². The zero-order chi connectivity index (χ0) is 16.8. The lowest BCUT2D eigenvalue weighted by Crippen LogP contribution is -2.15. The highest BCUT2D eigenvalue weighted by atomic mass is 16.5. The summed E-state index contributed by atoms with van der Waals surface area (Å²) in [6, 6.07) is 13.5. The first-order valence-corrected chi connectivity index (χ1v) is 8.66. The molecular formula is C21H24O3. The molecule has 3 rings (SSSR count). The zero-order valence-electron chi connectivity index (χ0n) is 14.2. The fourth-order valence-electron chi connectivity index (χ4n) is 3.30. The van der Waals surface area contributed by atoms with Gasteiger partial charge in [0.1, 0.15) is 17.8 Å². The van der Waals surface area contributed by atoms with Crippen molar-refractivity contribution in [2.75, 3.05) is 13.7 Å². The number of hydrogen-bond acceptors (Lipinski definition) is 3. The Labute approximate surface area is 143 Å². The Morgan fingerprint density at radius 2 is 1.79 bits per heavy atom. The number of carbonyl (C=O) groups excluding carboxylic acids is 1. The molecule has 0 amide bonds. The van der Waals surface area contributed by atoms with Crippen molar-refractivity contribution in [2.45, 2.75) is 32.1 Å². The second kappa shape index (κ2) is 8.00. The molecule has 1 saturated carbocycles. The highest BCUT2D eigenvalue weighted by Gasteiger charge is 2.15. The van der Waals surface area contributed by atoms with Crippen molar-refractivity contribution in [1.29, 1.82) is 0 Å². The van der Waals surface area contributed by atoms with Crippen molar-refractivity contribution in [3.8, 4) is 22.6 Å². The molecule has 0 aromatic heterocycles. The molecule has 0 N–H and O–H groups in total. The third-order valence-corrected chi connectivity index (χ3v) is 4.74. The van der Waals surface area contributed by atoms with Gasteiger partial charge in [0.05, 0.1) is 13.7 Å². The van der Waals surface area contributed by atoms with Crippen molar-refractivity contribution in [1.82, 2.24) is 0 Å². The molecule has 0 radical (unpaired) electrons. The quantitative estimate of drug-likeness (QED) is 0.691. The largest absolute Gasteiger partial charge is 0.497 e. The van der Waals surface area contributed by atoms with E-state index in [1.165, 1.54) is 32.1 Å². The van der Waals surface area contributed by atoms with Crippen LogP contribution in [-0.4, -0.2) is 20.0 Å². The molecule has 2 aromatic rings.